The highest BCUT2D eigenvalue weighted by molar-refractivity contribution is 5.92. The van der Waals surface area contributed by atoms with Crippen LogP contribution in [0.3, 0.4) is 0 Å². The zero-order valence-electron chi connectivity index (χ0n) is 18.8. The number of aromatic nitrogens is 3. The predicted octanol–water partition coefficient (Wildman–Crippen LogP) is 4.38. The van der Waals surface area contributed by atoms with Gasteiger partial charge in [-0.2, -0.15) is 5.10 Å². The summed E-state index contributed by atoms with van der Waals surface area (Å²) in [4.78, 5) is 18.8. The van der Waals surface area contributed by atoms with Gasteiger partial charge >= 0.3 is 5.97 Å². The largest absolute Gasteiger partial charge is 0.477 e. The van der Waals surface area contributed by atoms with E-state index in [0.717, 1.165) is 62.0 Å². The number of nitrogens with zero attached hydrogens (tertiary/aromatic N) is 4. The van der Waals surface area contributed by atoms with Gasteiger partial charge in [0.05, 0.1) is 11.4 Å². The molecule has 1 aliphatic carbocycles. The standard InChI is InChI=1S/C25H29FN4O3/c1-33-15-16-9-11-29(12-10-16)14-18-13-21(25(31)32)27-24-22(18)23(17-3-2-4-17)28-30(24)20-7-5-19(26)6-8-20/h5-8,13,16-17H,2-4,9-12,14-15H2,1H3,(H,31,32). The van der Waals surface area contributed by atoms with Crippen LogP contribution in [0.4, 0.5) is 4.39 Å². The lowest BCUT2D eigenvalue weighted by atomic mass is 9.81. The van der Waals surface area contributed by atoms with Crippen molar-refractivity contribution in [3.63, 3.8) is 0 Å². The van der Waals surface area contributed by atoms with Crippen molar-refractivity contribution in [1.29, 1.82) is 0 Å². The van der Waals surface area contributed by atoms with Crippen molar-refractivity contribution in [2.75, 3.05) is 26.8 Å². The molecule has 2 aromatic heterocycles. The molecule has 3 heterocycles. The maximum absolute atomic E-state index is 13.5. The SMILES string of the molecule is COCC1CCN(Cc2cc(C(=O)O)nc3c2c(C2CCC2)nn3-c2ccc(F)cc2)CC1. The van der Waals surface area contributed by atoms with E-state index in [9.17, 15) is 14.3 Å². The second-order valence-corrected chi connectivity index (χ2v) is 9.25. The summed E-state index contributed by atoms with van der Waals surface area (Å²) in [6.07, 6.45) is 5.44. The minimum absolute atomic E-state index is 0.00944. The van der Waals surface area contributed by atoms with Crippen LogP contribution in [0.15, 0.2) is 30.3 Å². The second-order valence-electron chi connectivity index (χ2n) is 9.25. The molecule has 7 nitrogen and oxygen atoms in total. The molecule has 33 heavy (non-hydrogen) atoms. The smallest absolute Gasteiger partial charge is 0.354 e. The fourth-order valence-electron chi connectivity index (χ4n) is 4.97. The normalized spacial score (nSPS) is 18.0. The number of piperidine rings is 1. The van der Waals surface area contributed by atoms with Crippen molar-refractivity contribution in [2.45, 2.75) is 44.6 Å². The van der Waals surface area contributed by atoms with Crippen LogP contribution in [0.1, 0.15) is 59.8 Å². The van der Waals surface area contributed by atoms with Gasteiger partial charge in [-0.05, 0) is 80.6 Å². The molecular formula is C25H29FN4O3. The average Bonchev–Trinajstić information content (AvgIpc) is 3.14. The molecule has 1 saturated carbocycles. The summed E-state index contributed by atoms with van der Waals surface area (Å²) in [5.41, 5.74) is 3.16. The summed E-state index contributed by atoms with van der Waals surface area (Å²) in [6.45, 7) is 3.34. The molecule has 3 aromatic rings. The van der Waals surface area contributed by atoms with Gasteiger partial charge in [-0.25, -0.2) is 18.9 Å². The van der Waals surface area contributed by atoms with Crippen molar-refractivity contribution in [2.24, 2.45) is 5.92 Å². The number of likely N-dealkylation sites (tertiary alicyclic amines) is 1. The highest BCUT2D eigenvalue weighted by atomic mass is 19.1. The summed E-state index contributed by atoms with van der Waals surface area (Å²) in [5, 5.41) is 15.6. The molecule has 8 heteroatoms. The Morgan fingerprint density at radius 3 is 2.52 bits per heavy atom. The molecule has 1 N–H and O–H groups in total. The highest BCUT2D eigenvalue weighted by Gasteiger charge is 2.30. The fourth-order valence-corrected chi connectivity index (χ4v) is 4.97. The van der Waals surface area contributed by atoms with Gasteiger partial charge in [0.2, 0.25) is 0 Å². The van der Waals surface area contributed by atoms with E-state index in [4.69, 9.17) is 9.84 Å². The Hall–Kier alpha value is -2.84. The Labute approximate surface area is 192 Å². The van der Waals surface area contributed by atoms with Crippen molar-refractivity contribution in [3.8, 4) is 5.69 Å². The molecule has 0 amide bonds. The number of pyridine rings is 1. The van der Waals surface area contributed by atoms with Crippen LogP contribution in [0.5, 0.6) is 0 Å². The first-order valence-corrected chi connectivity index (χ1v) is 11.7. The van der Waals surface area contributed by atoms with E-state index in [2.05, 4.69) is 9.88 Å². The van der Waals surface area contributed by atoms with E-state index in [0.29, 0.717) is 29.7 Å². The number of carbonyl (C=O) groups is 1. The third-order valence-electron chi connectivity index (χ3n) is 7.03. The van der Waals surface area contributed by atoms with Crippen molar-refractivity contribution in [1.82, 2.24) is 19.7 Å². The number of ether oxygens (including phenoxy) is 1. The summed E-state index contributed by atoms with van der Waals surface area (Å²) in [5.74, 6) is -0.469. The highest BCUT2D eigenvalue weighted by Crippen LogP contribution is 2.41. The lowest BCUT2D eigenvalue weighted by molar-refractivity contribution is 0.0690. The van der Waals surface area contributed by atoms with E-state index in [1.165, 1.54) is 18.6 Å². The van der Waals surface area contributed by atoms with Gasteiger partial charge in [-0.3, -0.25) is 4.90 Å². The summed E-state index contributed by atoms with van der Waals surface area (Å²) >= 11 is 0. The molecule has 174 valence electrons. The molecule has 2 fully saturated rings. The molecule has 5 rings (SSSR count). The van der Waals surface area contributed by atoms with E-state index in [-0.39, 0.29) is 11.5 Å². The number of hydrogen-bond donors (Lipinski definition) is 1. The topological polar surface area (TPSA) is 80.5 Å². The molecule has 1 aromatic carbocycles. The first-order valence-electron chi connectivity index (χ1n) is 11.7. The first kappa shape index (κ1) is 22.0. The van der Waals surface area contributed by atoms with Crippen LogP contribution in [-0.4, -0.2) is 57.5 Å². The number of methoxy groups -OCH3 is 1. The van der Waals surface area contributed by atoms with Crippen LogP contribution in [-0.2, 0) is 11.3 Å². The van der Waals surface area contributed by atoms with Gasteiger partial charge in [-0.15, -0.1) is 0 Å². The lowest BCUT2D eigenvalue weighted by Crippen LogP contribution is -2.34. The zero-order valence-corrected chi connectivity index (χ0v) is 18.8. The van der Waals surface area contributed by atoms with Gasteiger partial charge in [0.1, 0.15) is 5.82 Å². The number of hydrogen-bond acceptors (Lipinski definition) is 5. The van der Waals surface area contributed by atoms with Crippen molar-refractivity contribution >= 4 is 17.0 Å². The molecule has 0 atom stereocenters. The third kappa shape index (κ3) is 4.37. The Morgan fingerprint density at radius 2 is 1.91 bits per heavy atom. The minimum atomic E-state index is -1.06. The molecule has 0 spiro atoms. The van der Waals surface area contributed by atoms with Gasteiger partial charge in [0.15, 0.2) is 11.3 Å². The number of fused-ring (bicyclic) bond motifs is 1. The number of halogens is 1. The Kier molecular flexibility index (Phi) is 6.12. The average molecular weight is 453 g/mol. The monoisotopic (exact) mass is 452 g/mol. The van der Waals surface area contributed by atoms with E-state index in [1.807, 2.05) is 0 Å². The minimum Gasteiger partial charge on any atom is -0.477 e. The van der Waals surface area contributed by atoms with Crippen LogP contribution in [0.25, 0.3) is 16.7 Å². The van der Waals surface area contributed by atoms with Crippen LogP contribution >= 0.6 is 0 Å². The van der Waals surface area contributed by atoms with E-state index >= 15 is 0 Å². The summed E-state index contributed by atoms with van der Waals surface area (Å²) in [7, 11) is 1.74. The van der Waals surface area contributed by atoms with Crippen LogP contribution < -0.4 is 0 Å². The van der Waals surface area contributed by atoms with Crippen molar-refractivity contribution < 1.29 is 19.0 Å². The van der Waals surface area contributed by atoms with Crippen LogP contribution in [0, 0.1) is 11.7 Å². The van der Waals surface area contributed by atoms with Crippen LogP contribution in [0.2, 0.25) is 0 Å². The molecular weight excluding hydrogens is 423 g/mol. The summed E-state index contributed by atoms with van der Waals surface area (Å²) < 4.78 is 20.6. The van der Waals surface area contributed by atoms with Gasteiger partial charge in [0, 0.05) is 31.6 Å². The lowest BCUT2D eigenvalue weighted by Gasteiger charge is -2.32. The van der Waals surface area contributed by atoms with E-state index < -0.39 is 5.97 Å². The van der Waals surface area contributed by atoms with Crippen molar-refractivity contribution in [3.05, 3.63) is 53.1 Å². The van der Waals surface area contributed by atoms with Gasteiger partial charge in [0.25, 0.3) is 0 Å². The summed E-state index contributed by atoms with van der Waals surface area (Å²) in [6, 6.07) is 7.80. The Balaban J connectivity index is 1.59. The molecule has 1 saturated heterocycles. The fraction of sp³-hybridized carbons (Fsp3) is 0.480. The second kappa shape index (κ2) is 9.19. The molecule has 0 radical (unpaired) electrons. The Bertz CT molecular complexity index is 1150. The number of carboxylic acid groups (broad SMARTS) is 1. The van der Waals surface area contributed by atoms with Gasteiger partial charge in [-0.1, -0.05) is 6.42 Å². The zero-order chi connectivity index (χ0) is 22.9. The quantitative estimate of drug-likeness (QED) is 0.573. The molecule has 0 unspecified atom stereocenters. The third-order valence-corrected chi connectivity index (χ3v) is 7.03. The predicted molar refractivity (Wildman–Crippen MR) is 122 cm³/mol. The molecule has 2 aliphatic rings. The first-order chi connectivity index (χ1) is 16.0. The molecule has 1 aliphatic heterocycles. The number of rotatable bonds is 7. The number of carboxylic acids is 1. The maximum atomic E-state index is 13.5. The number of aromatic carboxylic acids is 1. The molecule has 0 bridgehead atoms. The van der Waals surface area contributed by atoms with E-state index in [1.54, 1.807) is 30.0 Å². The Morgan fingerprint density at radius 1 is 1.18 bits per heavy atom. The number of benzene rings is 1. The maximum Gasteiger partial charge on any atom is 0.354 e. The van der Waals surface area contributed by atoms with Gasteiger partial charge < -0.3 is 9.84 Å².